The zero-order valence-corrected chi connectivity index (χ0v) is 40.4. The normalized spacial score (nSPS) is 17.1. The molecule has 1 heterocycles. The number of nitrogens with one attached hydrogen (secondary N) is 7. The number of carboxylic acids is 1. The molecule has 3 rings (SSSR count). The van der Waals surface area contributed by atoms with Crippen molar-refractivity contribution in [1.29, 1.82) is 0 Å². The van der Waals surface area contributed by atoms with Gasteiger partial charge >= 0.3 is 5.97 Å². The van der Waals surface area contributed by atoms with E-state index in [0.717, 1.165) is 0 Å². The molecule has 392 valence electrons. The zero-order chi connectivity index (χ0) is 52.9. The van der Waals surface area contributed by atoms with E-state index in [9.17, 15) is 68.7 Å². The van der Waals surface area contributed by atoms with E-state index in [1.165, 1.54) is 67.3 Å². The van der Waals surface area contributed by atoms with Crippen molar-refractivity contribution >= 4 is 53.2 Å². The Morgan fingerprint density at radius 1 is 0.634 bits per heavy atom. The number of carbonyl (C=O) groups is 9. The molecule has 0 radical (unpaired) electrons. The third-order valence-corrected chi connectivity index (χ3v) is 12.0. The minimum absolute atomic E-state index is 0.0356. The molecule has 1 fully saturated rings. The highest BCUT2D eigenvalue weighted by Crippen LogP contribution is 2.20. The Morgan fingerprint density at radius 2 is 1.11 bits per heavy atom. The molecule has 0 saturated carbocycles. The van der Waals surface area contributed by atoms with Crippen molar-refractivity contribution in [1.82, 2.24) is 42.1 Å². The number of aliphatic hydroxyl groups is 2. The van der Waals surface area contributed by atoms with Crippen LogP contribution in [0.5, 0.6) is 11.5 Å². The van der Waals surface area contributed by atoms with E-state index in [4.69, 9.17) is 11.5 Å². The number of phenols is 2. The molecular weight excluding hydrogens is 929 g/mol. The summed E-state index contributed by atoms with van der Waals surface area (Å²) in [6.45, 7) is 4.73. The molecule has 8 amide bonds. The second kappa shape index (κ2) is 28.7. The quantitative estimate of drug-likeness (QED) is 0.0375. The van der Waals surface area contributed by atoms with E-state index in [1.54, 1.807) is 13.8 Å². The van der Waals surface area contributed by atoms with Gasteiger partial charge in [-0.1, -0.05) is 44.5 Å². The Labute approximate surface area is 411 Å². The highest BCUT2D eigenvalue weighted by Gasteiger charge is 2.38. The first-order valence-electron chi connectivity index (χ1n) is 23.5. The van der Waals surface area contributed by atoms with Crippen molar-refractivity contribution in [3.63, 3.8) is 0 Å². The smallest absolute Gasteiger partial charge is 0.328 e. The Balaban J connectivity index is 1.88. The van der Waals surface area contributed by atoms with Crippen LogP contribution in [0.2, 0.25) is 0 Å². The van der Waals surface area contributed by atoms with Crippen LogP contribution in [0.25, 0.3) is 0 Å². The van der Waals surface area contributed by atoms with E-state index in [2.05, 4.69) is 37.2 Å². The third-order valence-electron chi connectivity index (χ3n) is 12.0. The molecule has 0 bridgehead atoms. The molecule has 0 aromatic heterocycles. The van der Waals surface area contributed by atoms with Crippen molar-refractivity contribution < 1.29 is 68.7 Å². The molecule has 1 aliphatic rings. The number of rotatable bonds is 28. The molecule has 2 aromatic carbocycles. The Hall–Kier alpha value is -6.89. The summed E-state index contributed by atoms with van der Waals surface area (Å²) in [5.41, 5.74) is 12.4. The molecule has 1 saturated heterocycles. The molecular formula is C47H70N10O14. The molecule has 71 heavy (non-hydrogen) atoms. The predicted octanol–water partition coefficient (Wildman–Crippen LogP) is -3.12. The second-order valence-electron chi connectivity index (χ2n) is 17.6. The fraction of sp³-hybridized carbons (Fsp3) is 0.553. The molecule has 10 atom stereocenters. The predicted molar refractivity (Wildman–Crippen MR) is 255 cm³/mol. The van der Waals surface area contributed by atoms with Crippen LogP contribution in [0.15, 0.2) is 48.5 Å². The molecule has 1 aliphatic heterocycles. The largest absolute Gasteiger partial charge is 0.508 e. The SMILES string of the molecule is CC[C@H](C)[C@H](NC(=O)[C@H](CO)NC(=O)[C@H](Cc1ccc(O)cc1)NC(=O)[C@H](Cc1ccc(O)cc1)NC(=O)[C@@H]1CCCN1C(=O)[C@H](C)N)C(=O)N[C@@H](CCCCN)C(=O)N[C@H](C)C(=O)N[C@@H](CO)C(=O)O. The number of nitrogens with two attached hydrogens (primary N) is 2. The molecule has 0 aliphatic carbocycles. The van der Waals surface area contributed by atoms with Crippen LogP contribution in [-0.4, -0.2) is 164 Å². The van der Waals surface area contributed by atoms with Gasteiger partial charge in [0.15, 0.2) is 0 Å². The highest BCUT2D eigenvalue weighted by atomic mass is 16.4. The number of carbonyl (C=O) groups excluding carboxylic acids is 8. The third kappa shape index (κ3) is 18.1. The van der Waals surface area contributed by atoms with Crippen molar-refractivity contribution in [2.24, 2.45) is 17.4 Å². The maximum absolute atomic E-state index is 14.3. The summed E-state index contributed by atoms with van der Waals surface area (Å²) in [4.78, 5) is 122. The van der Waals surface area contributed by atoms with E-state index in [1.807, 2.05) is 0 Å². The fourth-order valence-electron chi connectivity index (χ4n) is 7.57. The number of likely N-dealkylation sites (tertiary alicyclic amines) is 1. The summed E-state index contributed by atoms with van der Waals surface area (Å²) in [5, 5.41) is 66.3. The number of benzene rings is 2. The number of nitrogens with zero attached hydrogens (tertiary/aromatic N) is 1. The summed E-state index contributed by atoms with van der Waals surface area (Å²) in [6.07, 6.45) is 1.58. The summed E-state index contributed by atoms with van der Waals surface area (Å²) < 4.78 is 0. The van der Waals surface area contributed by atoms with Gasteiger partial charge in [0.1, 0.15) is 59.8 Å². The summed E-state index contributed by atoms with van der Waals surface area (Å²) in [6, 6.07) is -0.525. The molecule has 24 nitrogen and oxygen atoms in total. The maximum atomic E-state index is 14.3. The number of unbranched alkanes of at least 4 members (excludes halogenated alkanes) is 1. The number of aromatic hydroxyl groups is 2. The van der Waals surface area contributed by atoms with Crippen LogP contribution in [0.1, 0.15) is 77.3 Å². The number of aliphatic carboxylic acids is 1. The first-order chi connectivity index (χ1) is 33.6. The van der Waals surface area contributed by atoms with Crippen LogP contribution in [0.3, 0.4) is 0 Å². The van der Waals surface area contributed by atoms with Crippen molar-refractivity contribution in [2.75, 3.05) is 26.3 Å². The van der Waals surface area contributed by atoms with E-state index >= 15 is 0 Å². The fourth-order valence-corrected chi connectivity index (χ4v) is 7.57. The van der Waals surface area contributed by atoms with Gasteiger partial charge in [0.05, 0.1) is 19.3 Å². The van der Waals surface area contributed by atoms with Crippen molar-refractivity contribution in [3.8, 4) is 11.5 Å². The topological polar surface area (TPSA) is 394 Å². The Bertz CT molecular complexity index is 2140. The molecule has 0 unspecified atom stereocenters. The molecule has 0 spiro atoms. The van der Waals surface area contributed by atoms with Gasteiger partial charge in [-0.3, -0.25) is 38.4 Å². The molecule has 2 aromatic rings. The van der Waals surface area contributed by atoms with Gasteiger partial charge in [0.25, 0.3) is 0 Å². The van der Waals surface area contributed by atoms with Crippen LogP contribution < -0.4 is 48.7 Å². The number of hydrogen-bond acceptors (Lipinski definition) is 15. The first kappa shape index (κ1) is 58.4. The van der Waals surface area contributed by atoms with Gasteiger partial charge < -0.3 is 79.1 Å². The number of phenolic OH excluding ortho intramolecular Hbond substituents is 2. The van der Waals surface area contributed by atoms with Crippen LogP contribution in [0, 0.1) is 5.92 Å². The van der Waals surface area contributed by atoms with Gasteiger partial charge in [-0.15, -0.1) is 0 Å². The average Bonchev–Trinajstić information content (AvgIpc) is 3.84. The van der Waals surface area contributed by atoms with Crippen LogP contribution in [0.4, 0.5) is 0 Å². The minimum atomic E-state index is -1.72. The van der Waals surface area contributed by atoms with Crippen molar-refractivity contribution in [2.45, 2.75) is 133 Å². The van der Waals surface area contributed by atoms with Crippen LogP contribution >= 0.6 is 0 Å². The lowest BCUT2D eigenvalue weighted by Gasteiger charge is -2.29. The van der Waals surface area contributed by atoms with Gasteiger partial charge in [0.2, 0.25) is 47.3 Å². The standard InChI is InChI=1S/C47H70N10O14/c1-5-25(2)38(45(68)51-32(9-6-7-19-48)40(63)50-27(4)39(62)55-36(24-59)47(70)71)56-43(66)35(23-58)54-42(65)33(21-28-11-15-30(60)16-12-28)52-41(64)34(22-29-13-17-31(61)18-14-29)53-44(67)37-10-8-20-57(37)46(69)26(3)49/h11-18,25-27,32-38,58-61H,5-10,19-24,48-49H2,1-4H3,(H,50,63)(H,51,68)(H,52,64)(H,53,67)(H,54,65)(H,55,62)(H,56,66)(H,70,71)/t25-,26-,27+,32-,33-,34-,35-,36-,37-,38-/m0/s1. The van der Waals surface area contributed by atoms with Gasteiger partial charge in [-0.05, 0) is 93.8 Å². The molecule has 16 N–H and O–H groups in total. The van der Waals surface area contributed by atoms with E-state index in [0.29, 0.717) is 43.2 Å². The van der Waals surface area contributed by atoms with E-state index in [-0.39, 0.29) is 43.9 Å². The Morgan fingerprint density at radius 3 is 1.61 bits per heavy atom. The number of hydrogen-bond donors (Lipinski definition) is 14. The number of aliphatic hydroxyl groups excluding tert-OH is 2. The lowest BCUT2D eigenvalue weighted by Crippen LogP contribution is -2.62. The maximum Gasteiger partial charge on any atom is 0.328 e. The monoisotopic (exact) mass is 999 g/mol. The second-order valence-corrected chi connectivity index (χ2v) is 17.6. The van der Waals surface area contributed by atoms with Crippen LogP contribution in [-0.2, 0) is 56.0 Å². The lowest BCUT2D eigenvalue weighted by molar-refractivity contribution is -0.143. The van der Waals surface area contributed by atoms with Crippen molar-refractivity contribution in [3.05, 3.63) is 59.7 Å². The summed E-state index contributed by atoms with van der Waals surface area (Å²) in [5.74, 6) is -8.82. The Kier molecular flexibility index (Phi) is 23.6. The van der Waals surface area contributed by atoms with E-state index < -0.39 is 127 Å². The molecule has 24 heteroatoms. The van der Waals surface area contributed by atoms with Gasteiger partial charge in [0, 0.05) is 19.4 Å². The highest BCUT2D eigenvalue weighted by molar-refractivity contribution is 5.98. The lowest BCUT2D eigenvalue weighted by atomic mass is 9.97. The summed E-state index contributed by atoms with van der Waals surface area (Å²) in [7, 11) is 0. The minimum Gasteiger partial charge on any atom is -0.508 e. The van der Waals surface area contributed by atoms with Gasteiger partial charge in [-0.25, -0.2) is 4.79 Å². The number of carboxylic acid groups (broad SMARTS) is 1. The van der Waals surface area contributed by atoms with Gasteiger partial charge in [-0.2, -0.15) is 0 Å². The first-order valence-corrected chi connectivity index (χ1v) is 23.5. The summed E-state index contributed by atoms with van der Waals surface area (Å²) >= 11 is 0. The zero-order valence-electron chi connectivity index (χ0n) is 40.4. The number of amides is 8. The average molecular weight is 999 g/mol.